The van der Waals surface area contributed by atoms with Crippen molar-refractivity contribution in [3.05, 3.63) is 35.4 Å². The summed E-state index contributed by atoms with van der Waals surface area (Å²) in [6.07, 6.45) is 1.39. The fourth-order valence-corrected chi connectivity index (χ4v) is 4.27. The molecular formula is C19H30N2O5S. The molecule has 1 N–H and O–H groups in total. The summed E-state index contributed by atoms with van der Waals surface area (Å²) in [4.78, 5) is 11.9. The van der Waals surface area contributed by atoms with Gasteiger partial charge in [0.2, 0.25) is 0 Å². The zero-order chi connectivity index (χ0) is 19.9. The number of hydrogen-bond donors (Lipinski definition) is 1. The number of nitrogens with zero attached hydrogens (tertiary/aromatic N) is 1. The van der Waals surface area contributed by atoms with Gasteiger partial charge in [0, 0.05) is 19.6 Å². The molecule has 152 valence electrons. The first-order valence-electron chi connectivity index (χ1n) is 9.43. The van der Waals surface area contributed by atoms with Gasteiger partial charge in [0.05, 0.1) is 25.2 Å². The summed E-state index contributed by atoms with van der Waals surface area (Å²) in [6, 6.07) is 7.61. The fourth-order valence-electron chi connectivity index (χ4n) is 3.00. The predicted molar refractivity (Wildman–Crippen MR) is 103 cm³/mol. The van der Waals surface area contributed by atoms with Gasteiger partial charge in [-0.3, -0.25) is 4.79 Å². The van der Waals surface area contributed by atoms with E-state index in [2.05, 4.69) is 4.72 Å². The van der Waals surface area contributed by atoms with Crippen molar-refractivity contribution in [1.82, 2.24) is 9.03 Å². The summed E-state index contributed by atoms with van der Waals surface area (Å²) >= 11 is 0. The van der Waals surface area contributed by atoms with E-state index >= 15 is 0 Å². The average molecular weight is 399 g/mol. The van der Waals surface area contributed by atoms with Crippen LogP contribution < -0.4 is 4.72 Å². The van der Waals surface area contributed by atoms with Gasteiger partial charge in [-0.2, -0.15) is 17.4 Å². The zero-order valence-corrected chi connectivity index (χ0v) is 17.1. The molecule has 0 radical (unpaired) electrons. The van der Waals surface area contributed by atoms with Crippen LogP contribution in [-0.4, -0.2) is 44.5 Å². The van der Waals surface area contributed by atoms with Crippen molar-refractivity contribution < 1.29 is 22.7 Å². The number of piperidine rings is 1. The van der Waals surface area contributed by atoms with E-state index in [1.165, 1.54) is 4.31 Å². The smallest absolute Gasteiger partial charge is 0.310 e. The third-order valence-corrected chi connectivity index (χ3v) is 6.00. The Labute approximate surface area is 162 Å². The van der Waals surface area contributed by atoms with Gasteiger partial charge in [0.25, 0.3) is 10.2 Å². The van der Waals surface area contributed by atoms with E-state index in [1.54, 1.807) is 6.92 Å². The molecule has 1 aromatic carbocycles. The summed E-state index contributed by atoms with van der Waals surface area (Å²) in [6.45, 7) is 7.15. The van der Waals surface area contributed by atoms with Crippen LogP contribution in [0.4, 0.5) is 0 Å². The number of nitrogens with one attached hydrogen (secondary N) is 1. The monoisotopic (exact) mass is 398 g/mol. The number of ether oxygens (including phenoxy) is 2. The van der Waals surface area contributed by atoms with Crippen LogP contribution in [0.2, 0.25) is 0 Å². The SMILES string of the molecule is CCOC(=O)[C@H]1CCCN(S(=O)(=O)NCc2ccccc2COC(C)C)C1. The quantitative estimate of drug-likeness (QED) is 0.645. The molecule has 7 nitrogen and oxygen atoms in total. The van der Waals surface area contributed by atoms with Crippen LogP contribution in [0.1, 0.15) is 44.7 Å². The van der Waals surface area contributed by atoms with Gasteiger partial charge in [-0.05, 0) is 44.7 Å². The van der Waals surface area contributed by atoms with Crippen molar-refractivity contribution in [3.8, 4) is 0 Å². The highest BCUT2D eigenvalue weighted by atomic mass is 32.2. The molecule has 1 fully saturated rings. The van der Waals surface area contributed by atoms with Gasteiger partial charge in [0.15, 0.2) is 0 Å². The molecule has 0 saturated carbocycles. The van der Waals surface area contributed by atoms with Gasteiger partial charge in [0.1, 0.15) is 0 Å². The van der Waals surface area contributed by atoms with E-state index in [0.717, 1.165) is 11.1 Å². The minimum Gasteiger partial charge on any atom is -0.466 e. The van der Waals surface area contributed by atoms with Crippen LogP contribution in [0.25, 0.3) is 0 Å². The Morgan fingerprint density at radius 3 is 2.67 bits per heavy atom. The third kappa shape index (κ3) is 6.57. The molecule has 1 heterocycles. The lowest BCUT2D eigenvalue weighted by Gasteiger charge is -2.30. The average Bonchev–Trinajstić information content (AvgIpc) is 2.65. The summed E-state index contributed by atoms with van der Waals surface area (Å²) in [5.74, 6) is -0.726. The number of rotatable bonds is 9. The number of carbonyl (C=O) groups is 1. The zero-order valence-electron chi connectivity index (χ0n) is 16.3. The van der Waals surface area contributed by atoms with Crippen LogP contribution >= 0.6 is 0 Å². The van der Waals surface area contributed by atoms with Crippen molar-refractivity contribution in [3.63, 3.8) is 0 Å². The molecule has 1 saturated heterocycles. The van der Waals surface area contributed by atoms with E-state index in [-0.39, 0.29) is 25.2 Å². The predicted octanol–water partition coefficient (Wildman–Crippen LogP) is 2.22. The second-order valence-corrected chi connectivity index (χ2v) is 8.66. The van der Waals surface area contributed by atoms with Crippen LogP contribution in [-0.2, 0) is 37.6 Å². The molecule has 27 heavy (non-hydrogen) atoms. The minimum atomic E-state index is -3.68. The Kier molecular flexibility index (Phi) is 8.22. The van der Waals surface area contributed by atoms with Crippen molar-refractivity contribution in [2.24, 2.45) is 5.92 Å². The van der Waals surface area contributed by atoms with Crippen LogP contribution in [0.3, 0.4) is 0 Å². The highest BCUT2D eigenvalue weighted by Gasteiger charge is 2.32. The Morgan fingerprint density at radius 2 is 2.00 bits per heavy atom. The number of carbonyl (C=O) groups excluding carboxylic acids is 1. The Morgan fingerprint density at radius 1 is 1.30 bits per heavy atom. The second kappa shape index (κ2) is 10.2. The Bertz CT molecular complexity index is 721. The molecule has 2 rings (SSSR count). The summed E-state index contributed by atoms with van der Waals surface area (Å²) in [5.41, 5.74) is 1.83. The van der Waals surface area contributed by atoms with E-state index in [1.807, 2.05) is 38.1 Å². The molecule has 0 spiro atoms. The first-order valence-corrected chi connectivity index (χ1v) is 10.9. The lowest BCUT2D eigenvalue weighted by molar-refractivity contribution is -0.149. The first-order chi connectivity index (χ1) is 12.8. The summed E-state index contributed by atoms with van der Waals surface area (Å²) in [5, 5.41) is 0. The minimum absolute atomic E-state index is 0.0999. The molecule has 0 amide bonds. The van der Waals surface area contributed by atoms with Crippen LogP contribution in [0.5, 0.6) is 0 Å². The van der Waals surface area contributed by atoms with Crippen molar-refractivity contribution in [2.75, 3.05) is 19.7 Å². The first kappa shape index (κ1) is 21.8. The molecule has 0 aromatic heterocycles. The number of hydrogen-bond acceptors (Lipinski definition) is 5. The molecule has 1 atom stereocenters. The number of esters is 1. The maximum absolute atomic E-state index is 12.7. The molecule has 0 unspecified atom stereocenters. The van der Waals surface area contributed by atoms with Gasteiger partial charge in [-0.15, -0.1) is 0 Å². The molecule has 1 aliphatic heterocycles. The molecule has 0 aliphatic carbocycles. The van der Waals surface area contributed by atoms with Gasteiger partial charge < -0.3 is 9.47 Å². The third-order valence-electron chi connectivity index (χ3n) is 4.48. The normalized spacial score (nSPS) is 18.6. The van der Waals surface area contributed by atoms with Crippen LogP contribution in [0, 0.1) is 5.92 Å². The lowest BCUT2D eigenvalue weighted by Crippen LogP contribution is -2.47. The van der Waals surface area contributed by atoms with Gasteiger partial charge >= 0.3 is 5.97 Å². The van der Waals surface area contributed by atoms with E-state index < -0.39 is 16.1 Å². The lowest BCUT2D eigenvalue weighted by atomic mass is 10.0. The highest BCUT2D eigenvalue weighted by molar-refractivity contribution is 7.87. The molecule has 1 aliphatic rings. The maximum atomic E-state index is 12.7. The van der Waals surface area contributed by atoms with Gasteiger partial charge in [-0.1, -0.05) is 24.3 Å². The summed E-state index contributed by atoms with van der Waals surface area (Å²) < 4.78 is 40.1. The maximum Gasteiger partial charge on any atom is 0.310 e. The largest absolute Gasteiger partial charge is 0.466 e. The van der Waals surface area contributed by atoms with Crippen molar-refractivity contribution >= 4 is 16.2 Å². The topological polar surface area (TPSA) is 84.9 Å². The van der Waals surface area contributed by atoms with E-state index in [4.69, 9.17) is 9.47 Å². The summed E-state index contributed by atoms with van der Waals surface area (Å²) in [7, 11) is -3.68. The van der Waals surface area contributed by atoms with Gasteiger partial charge in [-0.25, -0.2) is 0 Å². The second-order valence-electron chi connectivity index (χ2n) is 6.90. The van der Waals surface area contributed by atoms with E-state index in [0.29, 0.717) is 32.6 Å². The Balaban J connectivity index is 1.99. The highest BCUT2D eigenvalue weighted by Crippen LogP contribution is 2.20. The van der Waals surface area contributed by atoms with Crippen molar-refractivity contribution in [2.45, 2.75) is 52.9 Å². The van der Waals surface area contributed by atoms with Crippen LogP contribution in [0.15, 0.2) is 24.3 Å². The fraction of sp³-hybridized carbons (Fsp3) is 0.632. The standard InChI is InChI=1S/C19H30N2O5S/c1-4-25-19(22)17-10-7-11-21(13-17)27(23,24)20-12-16-8-5-6-9-18(16)14-26-15(2)3/h5-6,8-9,15,17,20H,4,7,10-14H2,1-3H3/t17-/m0/s1. The molecule has 0 bridgehead atoms. The van der Waals surface area contributed by atoms with E-state index in [9.17, 15) is 13.2 Å². The molecule has 1 aromatic rings. The molecular weight excluding hydrogens is 368 g/mol. The Hall–Kier alpha value is -1.48. The number of benzene rings is 1. The molecule has 8 heteroatoms. The van der Waals surface area contributed by atoms with Crippen molar-refractivity contribution in [1.29, 1.82) is 0 Å².